The quantitative estimate of drug-likeness (QED) is 0.735. The number of carbonyl (C=O) groups excluding carboxylic acids is 1. The van der Waals surface area contributed by atoms with Gasteiger partial charge in [0.1, 0.15) is 0 Å². The van der Waals surface area contributed by atoms with Gasteiger partial charge in [-0.2, -0.15) is 0 Å². The molecule has 4 fully saturated rings. The number of anilines is 1. The lowest BCUT2D eigenvalue weighted by Crippen LogP contribution is -2.57. The number of hydrogen-bond donors (Lipinski definition) is 1. The summed E-state index contributed by atoms with van der Waals surface area (Å²) in [5, 5.41) is 3.19. The van der Waals surface area contributed by atoms with Crippen molar-refractivity contribution in [2.75, 3.05) is 18.5 Å². The van der Waals surface area contributed by atoms with E-state index in [0.717, 1.165) is 42.9 Å². The lowest BCUT2D eigenvalue weighted by atomic mass is 9.49. The van der Waals surface area contributed by atoms with E-state index in [9.17, 15) is 4.79 Å². The summed E-state index contributed by atoms with van der Waals surface area (Å²) in [6.45, 7) is 1.34. The van der Waals surface area contributed by atoms with Gasteiger partial charge in [0.05, 0.1) is 18.6 Å². The van der Waals surface area contributed by atoms with E-state index in [-0.39, 0.29) is 15.6 Å². The third-order valence-corrected chi connectivity index (χ3v) is 7.40. The Balaban J connectivity index is 1.38. The highest BCUT2D eigenvalue weighted by Gasteiger charge is 2.59. The van der Waals surface area contributed by atoms with Crippen molar-refractivity contribution in [2.24, 2.45) is 17.3 Å². The molecule has 0 aromatic heterocycles. The summed E-state index contributed by atoms with van der Waals surface area (Å²) in [4.78, 5) is 13.2. The minimum Gasteiger partial charge on any atom is -0.490 e. The second kappa shape index (κ2) is 5.63. The minimum atomic E-state index is -0.197. The zero-order chi connectivity index (χ0) is 17.1. The van der Waals surface area contributed by atoms with Crippen LogP contribution in [0.3, 0.4) is 0 Å². The Morgan fingerprint density at radius 1 is 1.08 bits per heavy atom. The van der Waals surface area contributed by atoms with Gasteiger partial charge in [0.15, 0.2) is 11.5 Å². The molecule has 1 aliphatic heterocycles. The van der Waals surface area contributed by atoms with Gasteiger partial charge in [-0.1, -0.05) is 15.9 Å². The van der Waals surface area contributed by atoms with Crippen LogP contribution >= 0.6 is 15.9 Å². The van der Waals surface area contributed by atoms with Crippen molar-refractivity contribution in [3.63, 3.8) is 0 Å². The number of alkyl halides is 1. The Morgan fingerprint density at radius 2 is 1.80 bits per heavy atom. The van der Waals surface area contributed by atoms with Crippen molar-refractivity contribution in [1.82, 2.24) is 0 Å². The van der Waals surface area contributed by atoms with E-state index in [1.54, 1.807) is 0 Å². The molecule has 4 saturated carbocycles. The summed E-state index contributed by atoms with van der Waals surface area (Å²) < 4.78 is 11.6. The van der Waals surface area contributed by atoms with Crippen molar-refractivity contribution < 1.29 is 14.3 Å². The van der Waals surface area contributed by atoms with E-state index in [1.807, 2.05) is 18.2 Å². The Bertz CT molecular complexity index is 705. The lowest BCUT2D eigenvalue weighted by molar-refractivity contribution is -0.138. The Hall–Kier alpha value is -1.23. The molecule has 1 aromatic rings. The maximum Gasteiger partial charge on any atom is 0.230 e. The fraction of sp³-hybridized carbons (Fsp3) is 0.650. The molecule has 5 aliphatic rings. The number of hydrogen-bond acceptors (Lipinski definition) is 3. The van der Waals surface area contributed by atoms with E-state index >= 15 is 0 Å². The van der Waals surface area contributed by atoms with Crippen LogP contribution in [0.4, 0.5) is 5.69 Å². The van der Waals surface area contributed by atoms with Gasteiger partial charge in [-0.15, -0.1) is 0 Å². The van der Waals surface area contributed by atoms with Crippen molar-refractivity contribution in [3.8, 4) is 11.5 Å². The molecule has 5 heteroatoms. The second-order valence-corrected chi connectivity index (χ2v) is 10.2. The molecule has 134 valence electrons. The molecule has 0 radical (unpaired) electrons. The summed E-state index contributed by atoms with van der Waals surface area (Å²) in [5.41, 5.74) is 0.617. The average molecular weight is 406 g/mol. The predicted octanol–water partition coefficient (Wildman–Crippen LogP) is 4.52. The number of amides is 1. The van der Waals surface area contributed by atoms with Crippen molar-refractivity contribution in [3.05, 3.63) is 18.2 Å². The van der Waals surface area contributed by atoms with Crippen LogP contribution in [-0.4, -0.2) is 23.4 Å². The summed E-state index contributed by atoms with van der Waals surface area (Å²) in [5.74, 6) is 3.10. The maximum absolute atomic E-state index is 13.2. The molecule has 1 N–H and O–H groups in total. The summed E-state index contributed by atoms with van der Waals surface area (Å²) in [6.07, 6.45) is 7.75. The largest absolute Gasteiger partial charge is 0.490 e. The molecule has 0 spiro atoms. The fourth-order valence-corrected chi connectivity index (χ4v) is 7.37. The van der Waals surface area contributed by atoms with Gasteiger partial charge in [-0.05, 0) is 62.5 Å². The molecule has 1 amide bonds. The molecule has 6 rings (SSSR count). The van der Waals surface area contributed by atoms with Gasteiger partial charge < -0.3 is 14.8 Å². The lowest BCUT2D eigenvalue weighted by Gasteiger charge is -2.59. The zero-order valence-electron chi connectivity index (χ0n) is 14.4. The van der Waals surface area contributed by atoms with Gasteiger partial charge in [0.25, 0.3) is 0 Å². The number of nitrogens with one attached hydrogen (secondary N) is 1. The van der Waals surface area contributed by atoms with E-state index in [1.165, 1.54) is 19.3 Å². The Morgan fingerprint density at radius 3 is 2.52 bits per heavy atom. The third-order valence-electron chi connectivity index (χ3n) is 6.48. The molecular formula is C20H24BrNO3. The van der Waals surface area contributed by atoms with Gasteiger partial charge in [-0.25, -0.2) is 0 Å². The van der Waals surface area contributed by atoms with Crippen LogP contribution < -0.4 is 14.8 Å². The van der Waals surface area contributed by atoms with Gasteiger partial charge in [-0.3, -0.25) is 4.79 Å². The monoisotopic (exact) mass is 405 g/mol. The molecule has 0 saturated heterocycles. The van der Waals surface area contributed by atoms with Crippen LogP contribution in [0.25, 0.3) is 0 Å². The number of halogens is 1. The zero-order valence-corrected chi connectivity index (χ0v) is 15.9. The van der Waals surface area contributed by atoms with Crippen molar-refractivity contribution in [1.29, 1.82) is 0 Å². The first kappa shape index (κ1) is 16.0. The molecule has 4 nitrogen and oxygen atoms in total. The van der Waals surface area contributed by atoms with Crippen molar-refractivity contribution in [2.45, 2.75) is 49.3 Å². The second-order valence-electron chi connectivity index (χ2n) is 8.56. The molecule has 1 heterocycles. The predicted molar refractivity (Wildman–Crippen MR) is 99.5 cm³/mol. The van der Waals surface area contributed by atoms with Crippen molar-refractivity contribution >= 4 is 27.5 Å². The van der Waals surface area contributed by atoms with Crippen LogP contribution in [0, 0.1) is 17.3 Å². The summed E-state index contributed by atoms with van der Waals surface area (Å²) in [6, 6.07) is 5.74. The molecule has 4 aliphatic carbocycles. The smallest absolute Gasteiger partial charge is 0.230 e. The summed E-state index contributed by atoms with van der Waals surface area (Å²) >= 11 is 3.99. The summed E-state index contributed by atoms with van der Waals surface area (Å²) in [7, 11) is 0. The van der Waals surface area contributed by atoms with Crippen LogP contribution in [0.15, 0.2) is 18.2 Å². The molecule has 2 atom stereocenters. The minimum absolute atomic E-state index is 0.194. The Labute approximate surface area is 156 Å². The number of rotatable bonds is 2. The number of carbonyl (C=O) groups is 1. The van der Waals surface area contributed by atoms with E-state index in [0.29, 0.717) is 25.0 Å². The SMILES string of the molecule is O=C(Nc1ccc2c(c1)OCCCO2)C12C[C@H]3C[C@@H](CC(Br)(C3)C1)C2. The number of ether oxygens (including phenoxy) is 2. The van der Waals surface area contributed by atoms with Gasteiger partial charge >= 0.3 is 0 Å². The van der Waals surface area contributed by atoms with E-state index < -0.39 is 0 Å². The first-order valence-corrected chi connectivity index (χ1v) is 10.2. The van der Waals surface area contributed by atoms with Crippen LogP contribution in [0.1, 0.15) is 44.9 Å². The topological polar surface area (TPSA) is 47.6 Å². The van der Waals surface area contributed by atoms with E-state index in [2.05, 4.69) is 21.2 Å². The Kier molecular flexibility index (Phi) is 3.60. The third kappa shape index (κ3) is 2.75. The molecule has 1 aromatic carbocycles. The van der Waals surface area contributed by atoms with Crippen LogP contribution in [-0.2, 0) is 4.79 Å². The maximum atomic E-state index is 13.2. The first-order chi connectivity index (χ1) is 12.0. The van der Waals surface area contributed by atoms with Crippen LogP contribution in [0.5, 0.6) is 11.5 Å². The number of benzene rings is 1. The van der Waals surface area contributed by atoms with Gasteiger partial charge in [0.2, 0.25) is 5.91 Å². The van der Waals surface area contributed by atoms with E-state index in [4.69, 9.17) is 9.47 Å². The molecule has 25 heavy (non-hydrogen) atoms. The molecule has 0 unspecified atom stereocenters. The van der Waals surface area contributed by atoms with Gasteiger partial charge in [0, 0.05) is 22.5 Å². The highest BCUT2D eigenvalue weighted by atomic mass is 79.9. The number of fused-ring (bicyclic) bond motifs is 1. The molecular weight excluding hydrogens is 382 g/mol. The molecule has 4 bridgehead atoms. The first-order valence-electron chi connectivity index (χ1n) is 9.44. The highest BCUT2D eigenvalue weighted by molar-refractivity contribution is 9.10. The fourth-order valence-electron chi connectivity index (χ4n) is 5.92. The average Bonchev–Trinajstić information content (AvgIpc) is 2.77. The van der Waals surface area contributed by atoms with Crippen LogP contribution in [0.2, 0.25) is 0 Å². The normalized spacial score (nSPS) is 38.3. The highest BCUT2D eigenvalue weighted by Crippen LogP contribution is 2.64. The standard InChI is InChI=1S/C20H24BrNO3/c21-20-10-13-6-14(11-20)9-19(8-13,12-20)18(23)22-15-2-3-16-17(7-15)25-5-1-4-24-16/h2-3,7,13-14H,1,4-6,8-12H2,(H,22,23)/t13-,14-,19?,20?/m1/s1.